The second-order valence-corrected chi connectivity index (χ2v) is 16.9. The molecule has 3 aromatic rings. The molecular formula is C48H63NO8. The largest absolute Gasteiger partial charge is 0.497 e. The first-order chi connectivity index (χ1) is 27.4. The zero-order valence-corrected chi connectivity index (χ0v) is 34.9. The van der Waals surface area contributed by atoms with Crippen molar-refractivity contribution < 1.29 is 38.7 Å². The second kappa shape index (κ2) is 18.5. The average molecular weight is 782 g/mol. The van der Waals surface area contributed by atoms with Crippen molar-refractivity contribution in [3.63, 3.8) is 0 Å². The SMILES string of the molecule is COc1ccc(CN(C[C@]2(O)CC[C@H]3c4ccc(cc4C(=O)C4CCCCC4)C[C@@H](O)CCC(C)=CCC[C@@]32C)C(=O)Cc2ccc(OC)c(OC)c2)c(OC)c1. The first-order valence-electron chi connectivity index (χ1n) is 20.8. The molecule has 0 aliphatic heterocycles. The minimum absolute atomic E-state index is 0.0159. The zero-order valence-electron chi connectivity index (χ0n) is 34.9. The smallest absolute Gasteiger partial charge is 0.227 e. The Bertz CT molecular complexity index is 1920. The van der Waals surface area contributed by atoms with Gasteiger partial charge in [0.15, 0.2) is 17.3 Å². The van der Waals surface area contributed by atoms with Gasteiger partial charge in [-0.3, -0.25) is 9.59 Å². The van der Waals surface area contributed by atoms with E-state index in [0.717, 1.165) is 72.8 Å². The Morgan fingerprint density at radius 3 is 2.30 bits per heavy atom. The Labute approximate surface area is 339 Å². The van der Waals surface area contributed by atoms with Gasteiger partial charge < -0.3 is 34.1 Å². The summed E-state index contributed by atoms with van der Waals surface area (Å²) in [4.78, 5) is 31.0. The van der Waals surface area contributed by atoms with E-state index in [0.29, 0.717) is 55.1 Å². The summed E-state index contributed by atoms with van der Waals surface area (Å²) in [6, 6.07) is 17.3. The van der Waals surface area contributed by atoms with Crippen LogP contribution in [0.1, 0.15) is 123 Å². The number of nitrogens with zero attached hydrogens (tertiary/aromatic N) is 1. The highest BCUT2D eigenvalue weighted by molar-refractivity contribution is 5.99. The molecule has 57 heavy (non-hydrogen) atoms. The lowest BCUT2D eigenvalue weighted by Crippen LogP contribution is -2.53. The lowest BCUT2D eigenvalue weighted by molar-refractivity contribution is -0.140. The maximum absolute atomic E-state index is 14.7. The summed E-state index contributed by atoms with van der Waals surface area (Å²) >= 11 is 0. The number of benzene rings is 3. The van der Waals surface area contributed by atoms with Crippen molar-refractivity contribution in [3.05, 3.63) is 94.1 Å². The molecule has 0 radical (unpaired) electrons. The van der Waals surface area contributed by atoms with Crippen molar-refractivity contribution in [2.75, 3.05) is 35.0 Å². The van der Waals surface area contributed by atoms with Gasteiger partial charge in [-0.25, -0.2) is 0 Å². The van der Waals surface area contributed by atoms with Crippen LogP contribution in [-0.4, -0.2) is 73.5 Å². The molecule has 3 aromatic carbocycles. The maximum atomic E-state index is 14.7. The Kier molecular flexibility index (Phi) is 13.7. The van der Waals surface area contributed by atoms with Crippen molar-refractivity contribution in [1.29, 1.82) is 0 Å². The summed E-state index contributed by atoms with van der Waals surface area (Å²) in [6.45, 7) is 4.60. The first-order valence-corrected chi connectivity index (χ1v) is 20.8. The van der Waals surface area contributed by atoms with Crippen LogP contribution in [0.3, 0.4) is 0 Å². The van der Waals surface area contributed by atoms with Gasteiger partial charge in [-0.2, -0.15) is 0 Å². The molecule has 1 amide bonds. The van der Waals surface area contributed by atoms with Gasteiger partial charge in [0, 0.05) is 35.1 Å². The van der Waals surface area contributed by atoms with Gasteiger partial charge in [0.2, 0.25) is 5.91 Å². The molecule has 9 nitrogen and oxygen atoms in total. The summed E-state index contributed by atoms with van der Waals surface area (Å²) in [6.07, 6.45) is 11.4. The van der Waals surface area contributed by atoms with Gasteiger partial charge in [-0.15, -0.1) is 0 Å². The van der Waals surface area contributed by atoms with Crippen LogP contribution < -0.4 is 18.9 Å². The minimum Gasteiger partial charge on any atom is -0.497 e. The predicted molar refractivity (Wildman–Crippen MR) is 223 cm³/mol. The van der Waals surface area contributed by atoms with E-state index >= 15 is 0 Å². The Morgan fingerprint density at radius 1 is 0.825 bits per heavy atom. The monoisotopic (exact) mass is 781 g/mol. The molecule has 0 unspecified atom stereocenters. The van der Waals surface area contributed by atoms with Crippen molar-refractivity contribution in [2.24, 2.45) is 11.3 Å². The Morgan fingerprint density at radius 2 is 1.58 bits per heavy atom. The third-order valence-corrected chi connectivity index (χ3v) is 13.4. The van der Waals surface area contributed by atoms with Crippen LogP contribution in [-0.2, 0) is 24.2 Å². The highest BCUT2D eigenvalue weighted by atomic mass is 16.5. The normalized spacial score (nSPS) is 24.2. The van der Waals surface area contributed by atoms with Crippen LogP contribution in [0, 0.1) is 11.3 Å². The maximum Gasteiger partial charge on any atom is 0.227 e. The lowest BCUT2D eigenvalue weighted by Gasteiger charge is -2.46. The third kappa shape index (κ3) is 9.36. The number of carbonyl (C=O) groups excluding carboxylic acids is 2. The van der Waals surface area contributed by atoms with Gasteiger partial charge >= 0.3 is 0 Å². The summed E-state index contributed by atoms with van der Waals surface area (Å²) in [7, 11) is 6.37. The van der Waals surface area contributed by atoms with Crippen molar-refractivity contribution in [2.45, 2.75) is 121 Å². The Balaban J connectivity index is 1.42. The molecule has 2 saturated carbocycles. The number of aliphatic hydroxyl groups excluding tert-OH is 1. The molecule has 0 aromatic heterocycles. The van der Waals surface area contributed by atoms with Crippen molar-refractivity contribution in [3.8, 4) is 23.0 Å². The fraction of sp³-hybridized carbons (Fsp3) is 0.542. The number of fused-ring (bicyclic) bond motifs is 8. The number of rotatable bonds is 12. The molecule has 0 spiro atoms. The topological polar surface area (TPSA) is 115 Å². The van der Waals surface area contributed by atoms with Gasteiger partial charge in [-0.1, -0.05) is 56.0 Å². The van der Waals surface area contributed by atoms with E-state index in [-0.39, 0.29) is 43.0 Å². The molecule has 7 rings (SSSR count). The van der Waals surface area contributed by atoms with Crippen LogP contribution in [0.2, 0.25) is 0 Å². The number of amides is 1. The van der Waals surface area contributed by atoms with Crippen LogP contribution >= 0.6 is 0 Å². The van der Waals surface area contributed by atoms with E-state index in [1.165, 1.54) is 5.57 Å². The fourth-order valence-corrected chi connectivity index (χ4v) is 9.81. The molecule has 2 bridgehead atoms. The third-order valence-electron chi connectivity index (χ3n) is 13.4. The molecule has 2 fully saturated rings. The summed E-state index contributed by atoms with van der Waals surface area (Å²) in [5, 5.41) is 24.3. The van der Waals surface area contributed by atoms with E-state index in [1.807, 2.05) is 30.3 Å². The lowest BCUT2D eigenvalue weighted by atomic mass is 9.64. The Hall–Kier alpha value is -4.34. The number of hydrogen-bond acceptors (Lipinski definition) is 8. The van der Waals surface area contributed by atoms with Crippen LogP contribution in [0.25, 0.3) is 0 Å². The fourth-order valence-electron chi connectivity index (χ4n) is 9.81. The van der Waals surface area contributed by atoms with Gasteiger partial charge in [0.05, 0.1) is 53.1 Å². The van der Waals surface area contributed by atoms with Crippen molar-refractivity contribution >= 4 is 11.7 Å². The average Bonchev–Trinajstić information content (AvgIpc) is 3.47. The number of Topliss-reactive ketones (excluding diaryl/α,β-unsaturated/α-hetero) is 1. The summed E-state index contributed by atoms with van der Waals surface area (Å²) < 4.78 is 22.3. The van der Waals surface area contributed by atoms with Crippen LogP contribution in [0.4, 0.5) is 0 Å². The van der Waals surface area contributed by atoms with Gasteiger partial charge in [-0.05, 0) is 118 Å². The molecule has 0 saturated heterocycles. The summed E-state index contributed by atoms with van der Waals surface area (Å²) in [5.74, 6) is 2.26. The quantitative estimate of drug-likeness (QED) is 0.139. The highest BCUT2D eigenvalue weighted by Gasteiger charge is 2.57. The number of aliphatic hydroxyl groups is 2. The molecule has 4 aliphatic carbocycles. The molecule has 4 atom stereocenters. The van der Waals surface area contributed by atoms with E-state index in [2.05, 4.69) is 38.1 Å². The molecule has 2 N–H and O–H groups in total. The standard InChI is InChI=1S/C48H63NO8/c1-32-11-10-23-47(2)41(39-20-15-33(25-37(50)18-14-32)26-40(39)46(52)35-12-8-7-9-13-35)22-24-48(47,53)31-49(30-36-17-19-38(54-3)29-43(36)56-5)45(51)28-34-16-21-42(55-4)44(27-34)57-6/h11,15-17,19-21,26-27,29,35,37,41,50,53H,7-10,12-14,18,22-25,28,30-31H2,1-6H3/t37-,41-,47-,48+/m0/s1. The molecule has 308 valence electrons. The van der Waals surface area contributed by atoms with Crippen LogP contribution in [0.5, 0.6) is 23.0 Å². The minimum atomic E-state index is -1.29. The van der Waals surface area contributed by atoms with E-state index in [1.54, 1.807) is 39.4 Å². The summed E-state index contributed by atoms with van der Waals surface area (Å²) in [5.41, 5.74) is 3.51. The van der Waals surface area contributed by atoms with Crippen molar-refractivity contribution in [1.82, 2.24) is 4.90 Å². The van der Waals surface area contributed by atoms with E-state index in [9.17, 15) is 19.8 Å². The van der Waals surface area contributed by atoms with Crippen LogP contribution in [0.15, 0.2) is 66.2 Å². The molecular weight excluding hydrogens is 719 g/mol. The second-order valence-electron chi connectivity index (χ2n) is 16.9. The molecule has 0 heterocycles. The van der Waals surface area contributed by atoms with Gasteiger partial charge in [0.1, 0.15) is 11.5 Å². The zero-order chi connectivity index (χ0) is 40.7. The van der Waals surface area contributed by atoms with Gasteiger partial charge in [0.25, 0.3) is 0 Å². The number of ether oxygens (including phenoxy) is 4. The highest BCUT2D eigenvalue weighted by Crippen LogP contribution is 2.59. The number of allylic oxidation sites excluding steroid dienone is 2. The number of hydrogen-bond donors (Lipinski definition) is 2. The number of carbonyl (C=O) groups is 2. The predicted octanol–water partition coefficient (Wildman–Crippen LogP) is 8.79. The van der Waals surface area contributed by atoms with E-state index in [4.69, 9.17) is 18.9 Å². The molecule has 9 heteroatoms. The van der Waals surface area contributed by atoms with E-state index < -0.39 is 17.1 Å². The number of ketones is 1. The number of methoxy groups -OCH3 is 4. The molecule has 4 aliphatic rings. The first kappa shape index (κ1) is 42.3.